The van der Waals surface area contributed by atoms with Gasteiger partial charge in [0.25, 0.3) is 5.91 Å². The average molecular weight is 343 g/mol. The lowest BCUT2D eigenvalue weighted by atomic mass is 10.0. The summed E-state index contributed by atoms with van der Waals surface area (Å²) in [5.74, 6) is 0.120. The zero-order chi connectivity index (χ0) is 17.1. The predicted molar refractivity (Wildman–Crippen MR) is 100.0 cm³/mol. The van der Waals surface area contributed by atoms with E-state index >= 15 is 0 Å². The number of nitrogens with zero attached hydrogens (tertiary/aromatic N) is 2. The van der Waals surface area contributed by atoms with Gasteiger partial charge in [-0.05, 0) is 55.2 Å². The standard InChI is InChI=1S/C20H23ClN2O/c1-22(2)17-11-9-15(10-12-17)20(24)23-13-5-7-18(23)14-16-6-3-4-8-19(16)21/h3-4,6,8-12,18H,5,7,13-14H2,1-2H3/t18-/m0/s1. The first-order chi connectivity index (χ1) is 11.6. The van der Waals surface area contributed by atoms with E-state index in [0.717, 1.165) is 47.6 Å². The number of halogens is 1. The zero-order valence-electron chi connectivity index (χ0n) is 14.2. The van der Waals surface area contributed by atoms with Gasteiger partial charge in [-0.3, -0.25) is 4.79 Å². The summed E-state index contributed by atoms with van der Waals surface area (Å²) in [7, 11) is 3.99. The molecule has 1 heterocycles. The molecule has 3 nitrogen and oxygen atoms in total. The van der Waals surface area contributed by atoms with Gasteiger partial charge in [0.1, 0.15) is 0 Å². The maximum absolute atomic E-state index is 12.9. The Kier molecular flexibility index (Phi) is 5.10. The van der Waals surface area contributed by atoms with Crippen LogP contribution in [0.4, 0.5) is 5.69 Å². The molecular weight excluding hydrogens is 320 g/mol. The lowest BCUT2D eigenvalue weighted by Crippen LogP contribution is -2.36. The summed E-state index contributed by atoms with van der Waals surface area (Å²) >= 11 is 6.29. The van der Waals surface area contributed by atoms with Gasteiger partial charge in [-0.2, -0.15) is 0 Å². The molecule has 4 heteroatoms. The summed E-state index contributed by atoms with van der Waals surface area (Å²) in [4.78, 5) is 16.9. The van der Waals surface area contributed by atoms with E-state index < -0.39 is 0 Å². The quantitative estimate of drug-likeness (QED) is 0.829. The number of benzene rings is 2. The molecule has 0 aromatic heterocycles. The van der Waals surface area contributed by atoms with Gasteiger partial charge in [0, 0.05) is 43.0 Å². The fourth-order valence-corrected chi connectivity index (χ4v) is 3.51. The van der Waals surface area contributed by atoms with Gasteiger partial charge < -0.3 is 9.80 Å². The number of anilines is 1. The van der Waals surface area contributed by atoms with Crippen LogP contribution in [0.5, 0.6) is 0 Å². The monoisotopic (exact) mass is 342 g/mol. The van der Waals surface area contributed by atoms with E-state index in [1.165, 1.54) is 0 Å². The second-order valence-corrected chi connectivity index (χ2v) is 6.94. The maximum Gasteiger partial charge on any atom is 0.254 e. The minimum absolute atomic E-state index is 0.120. The fourth-order valence-electron chi connectivity index (χ4n) is 3.30. The zero-order valence-corrected chi connectivity index (χ0v) is 15.0. The molecule has 0 radical (unpaired) electrons. The van der Waals surface area contributed by atoms with Crippen molar-refractivity contribution in [2.24, 2.45) is 0 Å². The van der Waals surface area contributed by atoms with Crippen LogP contribution in [0.15, 0.2) is 48.5 Å². The highest BCUT2D eigenvalue weighted by atomic mass is 35.5. The Bertz CT molecular complexity index is 712. The first-order valence-corrected chi connectivity index (χ1v) is 8.76. The summed E-state index contributed by atoms with van der Waals surface area (Å²) in [6, 6.07) is 16.0. The highest BCUT2D eigenvalue weighted by Crippen LogP contribution is 2.26. The Morgan fingerprint density at radius 1 is 1.17 bits per heavy atom. The first-order valence-electron chi connectivity index (χ1n) is 8.38. The number of rotatable bonds is 4. The smallest absolute Gasteiger partial charge is 0.254 e. The molecule has 0 N–H and O–H groups in total. The molecular formula is C20H23ClN2O. The molecule has 0 aliphatic carbocycles. The first kappa shape index (κ1) is 16.8. The minimum Gasteiger partial charge on any atom is -0.378 e. The van der Waals surface area contributed by atoms with E-state index in [-0.39, 0.29) is 11.9 Å². The Hall–Kier alpha value is -2.00. The molecule has 0 unspecified atom stereocenters. The molecule has 1 amide bonds. The third-order valence-corrected chi connectivity index (χ3v) is 5.05. The average Bonchev–Trinajstić information content (AvgIpc) is 3.04. The van der Waals surface area contributed by atoms with Crippen LogP contribution >= 0.6 is 11.6 Å². The van der Waals surface area contributed by atoms with Crippen molar-refractivity contribution in [1.82, 2.24) is 4.90 Å². The summed E-state index contributed by atoms with van der Waals surface area (Å²) in [6.07, 6.45) is 2.91. The van der Waals surface area contributed by atoms with E-state index in [4.69, 9.17) is 11.6 Å². The van der Waals surface area contributed by atoms with E-state index in [1.807, 2.05) is 66.4 Å². The normalized spacial score (nSPS) is 17.1. The Labute approximate surface area is 148 Å². The number of likely N-dealkylation sites (tertiary alicyclic amines) is 1. The number of hydrogen-bond acceptors (Lipinski definition) is 2. The number of hydrogen-bond donors (Lipinski definition) is 0. The molecule has 1 atom stereocenters. The molecule has 24 heavy (non-hydrogen) atoms. The van der Waals surface area contributed by atoms with Crippen molar-refractivity contribution in [3.63, 3.8) is 0 Å². The van der Waals surface area contributed by atoms with Crippen LogP contribution in [-0.2, 0) is 6.42 Å². The molecule has 1 fully saturated rings. The lowest BCUT2D eigenvalue weighted by Gasteiger charge is -2.25. The van der Waals surface area contributed by atoms with Gasteiger partial charge in [0.15, 0.2) is 0 Å². The van der Waals surface area contributed by atoms with Crippen LogP contribution < -0.4 is 4.90 Å². The fraction of sp³-hybridized carbons (Fsp3) is 0.350. The Morgan fingerprint density at radius 3 is 2.54 bits per heavy atom. The third-order valence-electron chi connectivity index (χ3n) is 4.68. The molecule has 1 saturated heterocycles. The number of amides is 1. The van der Waals surface area contributed by atoms with Crippen molar-refractivity contribution in [3.8, 4) is 0 Å². The van der Waals surface area contributed by atoms with Crippen molar-refractivity contribution in [3.05, 3.63) is 64.7 Å². The SMILES string of the molecule is CN(C)c1ccc(C(=O)N2CCC[C@H]2Cc2ccccc2Cl)cc1. The van der Waals surface area contributed by atoms with Crippen LogP contribution in [0.1, 0.15) is 28.8 Å². The number of carbonyl (C=O) groups excluding carboxylic acids is 1. The molecule has 126 valence electrons. The van der Waals surface area contributed by atoms with Crippen LogP contribution in [0, 0.1) is 0 Å². The summed E-state index contributed by atoms with van der Waals surface area (Å²) in [5.41, 5.74) is 2.97. The summed E-state index contributed by atoms with van der Waals surface area (Å²) < 4.78 is 0. The topological polar surface area (TPSA) is 23.6 Å². The Balaban J connectivity index is 1.75. The lowest BCUT2D eigenvalue weighted by molar-refractivity contribution is 0.0736. The van der Waals surface area contributed by atoms with Gasteiger partial charge >= 0.3 is 0 Å². The van der Waals surface area contributed by atoms with Gasteiger partial charge in [0.2, 0.25) is 0 Å². The third kappa shape index (κ3) is 3.57. The van der Waals surface area contributed by atoms with Crippen molar-refractivity contribution >= 4 is 23.2 Å². The van der Waals surface area contributed by atoms with Crippen LogP contribution in [-0.4, -0.2) is 37.5 Å². The van der Waals surface area contributed by atoms with Crippen molar-refractivity contribution in [2.45, 2.75) is 25.3 Å². The van der Waals surface area contributed by atoms with E-state index in [0.29, 0.717) is 0 Å². The highest BCUT2D eigenvalue weighted by Gasteiger charge is 2.29. The van der Waals surface area contributed by atoms with Crippen molar-refractivity contribution in [2.75, 3.05) is 25.5 Å². The highest BCUT2D eigenvalue weighted by molar-refractivity contribution is 6.31. The van der Waals surface area contributed by atoms with E-state index in [1.54, 1.807) is 0 Å². The number of carbonyl (C=O) groups is 1. The van der Waals surface area contributed by atoms with Gasteiger partial charge in [-0.15, -0.1) is 0 Å². The summed E-state index contributed by atoms with van der Waals surface area (Å²) in [5, 5.41) is 0.784. The van der Waals surface area contributed by atoms with Crippen molar-refractivity contribution < 1.29 is 4.79 Å². The molecule has 1 aliphatic rings. The van der Waals surface area contributed by atoms with Gasteiger partial charge in [-0.1, -0.05) is 29.8 Å². The maximum atomic E-state index is 12.9. The van der Waals surface area contributed by atoms with E-state index in [9.17, 15) is 4.79 Å². The van der Waals surface area contributed by atoms with Gasteiger partial charge in [0.05, 0.1) is 0 Å². The minimum atomic E-state index is 0.120. The van der Waals surface area contributed by atoms with Crippen LogP contribution in [0.25, 0.3) is 0 Å². The Morgan fingerprint density at radius 2 is 1.88 bits per heavy atom. The molecule has 0 bridgehead atoms. The molecule has 2 aromatic carbocycles. The van der Waals surface area contributed by atoms with Crippen molar-refractivity contribution in [1.29, 1.82) is 0 Å². The summed E-state index contributed by atoms with van der Waals surface area (Å²) in [6.45, 7) is 0.823. The van der Waals surface area contributed by atoms with E-state index in [2.05, 4.69) is 6.07 Å². The molecule has 0 saturated carbocycles. The second kappa shape index (κ2) is 7.27. The molecule has 0 spiro atoms. The largest absolute Gasteiger partial charge is 0.378 e. The molecule has 3 rings (SSSR count). The van der Waals surface area contributed by atoms with Crippen LogP contribution in [0.2, 0.25) is 5.02 Å². The van der Waals surface area contributed by atoms with Crippen LogP contribution in [0.3, 0.4) is 0 Å². The molecule has 1 aliphatic heterocycles. The van der Waals surface area contributed by atoms with Gasteiger partial charge in [-0.25, -0.2) is 0 Å². The molecule has 2 aromatic rings. The predicted octanol–water partition coefficient (Wildman–Crippen LogP) is 4.25. The second-order valence-electron chi connectivity index (χ2n) is 6.53.